The van der Waals surface area contributed by atoms with Crippen molar-refractivity contribution in [1.29, 1.82) is 0 Å². The maximum absolute atomic E-state index is 13.5. The molecule has 0 radical (unpaired) electrons. The van der Waals surface area contributed by atoms with Gasteiger partial charge in [-0.2, -0.15) is 0 Å². The Morgan fingerprint density at radius 3 is 2.70 bits per heavy atom. The van der Waals surface area contributed by atoms with E-state index in [1.807, 2.05) is 0 Å². The number of hydrogen-bond donors (Lipinski definition) is 1. The average Bonchev–Trinajstić information content (AvgIpc) is 3.01. The Kier molecular flexibility index (Phi) is 4.21. The standard InChI is InChI=1S/C18H17F2N5O2/c19-12-4-13(20)6-14(5-12)25-8-11(3-16(25)26)17(27)24-2-1-10-7-22-18(21)23-15(10)9-24/h4-7,11H,1-3,8-9H2,(H2,21,22,23). The van der Waals surface area contributed by atoms with Gasteiger partial charge in [0.15, 0.2) is 0 Å². The van der Waals surface area contributed by atoms with Crippen molar-refractivity contribution in [3.05, 3.63) is 47.3 Å². The van der Waals surface area contributed by atoms with E-state index in [0.717, 1.165) is 23.8 Å². The normalized spacial score (nSPS) is 19.3. The molecule has 1 aromatic carbocycles. The molecule has 9 heteroatoms. The van der Waals surface area contributed by atoms with Gasteiger partial charge in [0.05, 0.1) is 18.2 Å². The molecule has 2 aliphatic heterocycles. The molecule has 0 aliphatic carbocycles. The number of benzene rings is 1. The maximum atomic E-state index is 13.5. The topological polar surface area (TPSA) is 92.4 Å². The minimum absolute atomic E-state index is 0.00619. The Balaban J connectivity index is 1.50. The SMILES string of the molecule is Nc1ncc2c(n1)CN(C(=O)C1CC(=O)N(c3cc(F)cc(F)c3)C1)CC2. The number of carbonyl (C=O) groups excluding carboxylic acids is 2. The van der Waals surface area contributed by atoms with Crippen LogP contribution in [0.1, 0.15) is 17.7 Å². The number of rotatable bonds is 2. The second kappa shape index (κ2) is 6.57. The van der Waals surface area contributed by atoms with E-state index in [1.165, 1.54) is 4.90 Å². The van der Waals surface area contributed by atoms with Gasteiger partial charge in [0, 0.05) is 37.5 Å². The third-order valence-corrected chi connectivity index (χ3v) is 4.91. The molecule has 1 fully saturated rings. The van der Waals surface area contributed by atoms with Crippen molar-refractivity contribution in [1.82, 2.24) is 14.9 Å². The van der Waals surface area contributed by atoms with Crippen molar-refractivity contribution < 1.29 is 18.4 Å². The number of halogens is 2. The fraction of sp³-hybridized carbons (Fsp3) is 0.333. The Labute approximate surface area is 153 Å². The van der Waals surface area contributed by atoms with Gasteiger partial charge in [0.2, 0.25) is 17.8 Å². The molecular weight excluding hydrogens is 356 g/mol. The van der Waals surface area contributed by atoms with Gasteiger partial charge in [-0.3, -0.25) is 9.59 Å². The summed E-state index contributed by atoms with van der Waals surface area (Å²) in [4.78, 5) is 36.2. The van der Waals surface area contributed by atoms with Crippen LogP contribution in [0.25, 0.3) is 0 Å². The summed E-state index contributed by atoms with van der Waals surface area (Å²) in [6, 6.07) is 2.92. The third-order valence-electron chi connectivity index (χ3n) is 4.91. The number of nitrogen functional groups attached to an aromatic ring is 1. The Morgan fingerprint density at radius 1 is 1.22 bits per heavy atom. The van der Waals surface area contributed by atoms with E-state index in [2.05, 4.69) is 9.97 Å². The molecule has 140 valence electrons. The highest BCUT2D eigenvalue weighted by Crippen LogP contribution is 2.29. The molecule has 3 heterocycles. The van der Waals surface area contributed by atoms with E-state index in [9.17, 15) is 18.4 Å². The summed E-state index contributed by atoms with van der Waals surface area (Å²) in [7, 11) is 0. The van der Waals surface area contributed by atoms with Crippen molar-refractivity contribution in [2.24, 2.45) is 5.92 Å². The molecule has 1 saturated heterocycles. The van der Waals surface area contributed by atoms with Gasteiger partial charge in [0.1, 0.15) is 11.6 Å². The van der Waals surface area contributed by atoms with Crippen LogP contribution in [-0.4, -0.2) is 39.8 Å². The molecule has 0 bridgehead atoms. The lowest BCUT2D eigenvalue weighted by Crippen LogP contribution is -2.41. The molecule has 0 spiro atoms. The zero-order valence-corrected chi connectivity index (χ0v) is 14.4. The molecule has 1 unspecified atom stereocenters. The van der Waals surface area contributed by atoms with Gasteiger partial charge in [-0.15, -0.1) is 0 Å². The minimum atomic E-state index is -0.766. The molecular formula is C18H17F2N5O2. The lowest BCUT2D eigenvalue weighted by Gasteiger charge is -2.30. The summed E-state index contributed by atoms with van der Waals surface area (Å²) in [5.74, 6) is -2.45. The molecule has 1 aromatic heterocycles. The highest BCUT2D eigenvalue weighted by Gasteiger charge is 2.38. The fourth-order valence-electron chi connectivity index (χ4n) is 3.58. The summed E-state index contributed by atoms with van der Waals surface area (Å²) in [5.41, 5.74) is 7.39. The van der Waals surface area contributed by atoms with E-state index in [0.29, 0.717) is 25.2 Å². The number of nitrogens with two attached hydrogens (primary N) is 1. The zero-order valence-electron chi connectivity index (χ0n) is 14.4. The lowest BCUT2D eigenvalue weighted by molar-refractivity contribution is -0.136. The smallest absolute Gasteiger partial charge is 0.228 e. The number of hydrogen-bond acceptors (Lipinski definition) is 5. The summed E-state index contributed by atoms with van der Waals surface area (Å²) in [6.45, 7) is 0.897. The second-order valence-electron chi connectivity index (χ2n) is 6.74. The van der Waals surface area contributed by atoms with Crippen LogP contribution in [-0.2, 0) is 22.6 Å². The molecule has 2 aliphatic rings. The van der Waals surface area contributed by atoms with Crippen LogP contribution in [0, 0.1) is 17.6 Å². The number of anilines is 2. The first kappa shape index (κ1) is 17.3. The molecule has 1 atom stereocenters. The molecule has 27 heavy (non-hydrogen) atoms. The third kappa shape index (κ3) is 3.32. The Morgan fingerprint density at radius 2 is 1.96 bits per heavy atom. The van der Waals surface area contributed by atoms with Crippen LogP contribution < -0.4 is 10.6 Å². The first-order valence-electron chi connectivity index (χ1n) is 8.56. The number of fused-ring (bicyclic) bond motifs is 1. The first-order chi connectivity index (χ1) is 12.9. The second-order valence-corrected chi connectivity index (χ2v) is 6.74. The van der Waals surface area contributed by atoms with Crippen LogP contribution in [0.3, 0.4) is 0 Å². The molecule has 0 saturated carbocycles. The van der Waals surface area contributed by atoms with Crippen molar-refractivity contribution in [2.75, 3.05) is 23.7 Å². The van der Waals surface area contributed by atoms with Crippen molar-refractivity contribution in [2.45, 2.75) is 19.4 Å². The van der Waals surface area contributed by atoms with Crippen molar-refractivity contribution in [3.63, 3.8) is 0 Å². The van der Waals surface area contributed by atoms with E-state index < -0.39 is 17.6 Å². The maximum Gasteiger partial charge on any atom is 0.228 e. The van der Waals surface area contributed by atoms with Gasteiger partial charge in [-0.05, 0) is 24.1 Å². The lowest BCUT2D eigenvalue weighted by atomic mass is 10.0. The number of amides is 2. The van der Waals surface area contributed by atoms with Gasteiger partial charge in [0.25, 0.3) is 0 Å². The predicted octanol–water partition coefficient (Wildman–Crippen LogP) is 1.27. The molecule has 2 amide bonds. The number of nitrogens with zero attached hydrogens (tertiary/aromatic N) is 4. The summed E-state index contributed by atoms with van der Waals surface area (Å²) in [5, 5.41) is 0. The number of aromatic nitrogens is 2. The van der Waals surface area contributed by atoms with E-state index in [1.54, 1.807) is 11.1 Å². The highest BCUT2D eigenvalue weighted by atomic mass is 19.1. The van der Waals surface area contributed by atoms with Crippen molar-refractivity contribution in [3.8, 4) is 0 Å². The quantitative estimate of drug-likeness (QED) is 0.856. The Bertz CT molecular complexity index is 916. The monoisotopic (exact) mass is 373 g/mol. The highest BCUT2D eigenvalue weighted by molar-refractivity contribution is 6.00. The number of carbonyl (C=O) groups is 2. The minimum Gasteiger partial charge on any atom is -0.368 e. The van der Waals surface area contributed by atoms with Gasteiger partial charge in [-0.1, -0.05) is 0 Å². The summed E-state index contributed by atoms with van der Waals surface area (Å²) in [6.07, 6.45) is 2.28. The predicted molar refractivity (Wildman–Crippen MR) is 92.4 cm³/mol. The van der Waals surface area contributed by atoms with E-state index in [-0.39, 0.29) is 36.4 Å². The molecule has 2 aromatic rings. The van der Waals surface area contributed by atoms with Crippen LogP contribution in [0.4, 0.5) is 20.4 Å². The average molecular weight is 373 g/mol. The molecule has 7 nitrogen and oxygen atoms in total. The summed E-state index contributed by atoms with van der Waals surface area (Å²) >= 11 is 0. The van der Waals surface area contributed by atoms with Crippen LogP contribution in [0.2, 0.25) is 0 Å². The van der Waals surface area contributed by atoms with Gasteiger partial charge < -0.3 is 15.5 Å². The fourth-order valence-corrected chi connectivity index (χ4v) is 3.58. The molecule has 4 rings (SSSR count). The largest absolute Gasteiger partial charge is 0.368 e. The van der Waals surface area contributed by atoms with E-state index >= 15 is 0 Å². The van der Waals surface area contributed by atoms with E-state index in [4.69, 9.17) is 5.73 Å². The van der Waals surface area contributed by atoms with Crippen LogP contribution >= 0.6 is 0 Å². The van der Waals surface area contributed by atoms with Gasteiger partial charge in [-0.25, -0.2) is 18.7 Å². The van der Waals surface area contributed by atoms with Gasteiger partial charge >= 0.3 is 0 Å². The van der Waals surface area contributed by atoms with Crippen LogP contribution in [0.5, 0.6) is 0 Å². The summed E-state index contributed by atoms with van der Waals surface area (Å²) < 4.78 is 26.9. The van der Waals surface area contributed by atoms with Crippen LogP contribution in [0.15, 0.2) is 24.4 Å². The Hall–Kier alpha value is -3.10. The molecule has 2 N–H and O–H groups in total. The van der Waals surface area contributed by atoms with Crippen molar-refractivity contribution >= 4 is 23.5 Å². The zero-order chi connectivity index (χ0) is 19.1. The first-order valence-corrected chi connectivity index (χ1v) is 8.56.